The number of hydrogen-bond donors (Lipinski definition) is 2. The molecular formula is C14H25NO3. The molecule has 0 spiro atoms. The molecule has 4 heteroatoms. The minimum Gasteiger partial charge on any atom is -0.396 e. The van der Waals surface area contributed by atoms with Crippen LogP contribution in [-0.2, 0) is 9.53 Å². The molecule has 0 aromatic carbocycles. The van der Waals surface area contributed by atoms with Crippen molar-refractivity contribution in [2.24, 2.45) is 17.8 Å². The fourth-order valence-corrected chi connectivity index (χ4v) is 3.77. The van der Waals surface area contributed by atoms with Crippen LogP contribution >= 0.6 is 0 Å². The summed E-state index contributed by atoms with van der Waals surface area (Å²) >= 11 is 0. The average molecular weight is 255 g/mol. The Morgan fingerprint density at radius 2 is 2.22 bits per heavy atom. The second-order valence-corrected chi connectivity index (χ2v) is 5.76. The maximum atomic E-state index is 11.8. The summed E-state index contributed by atoms with van der Waals surface area (Å²) in [5.41, 5.74) is 0. The first-order chi connectivity index (χ1) is 8.69. The molecule has 104 valence electrons. The van der Waals surface area contributed by atoms with E-state index in [9.17, 15) is 9.90 Å². The quantitative estimate of drug-likeness (QED) is 0.800. The average Bonchev–Trinajstić information content (AvgIpc) is 2.55. The zero-order valence-corrected chi connectivity index (χ0v) is 11.4. The Morgan fingerprint density at radius 3 is 2.83 bits per heavy atom. The summed E-state index contributed by atoms with van der Waals surface area (Å²) in [4.78, 5) is 11.8. The van der Waals surface area contributed by atoms with E-state index in [0.717, 1.165) is 25.7 Å². The van der Waals surface area contributed by atoms with Crippen LogP contribution in [0.1, 0.15) is 39.0 Å². The van der Waals surface area contributed by atoms with Gasteiger partial charge in [0.15, 0.2) is 0 Å². The van der Waals surface area contributed by atoms with Crippen molar-refractivity contribution in [3.63, 3.8) is 0 Å². The van der Waals surface area contributed by atoms with E-state index >= 15 is 0 Å². The van der Waals surface area contributed by atoms with Crippen molar-refractivity contribution in [2.45, 2.75) is 51.2 Å². The molecule has 2 aliphatic rings. The van der Waals surface area contributed by atoms with Crippen LogP contribution in [0, 0.1) is 17.8 Å². The van der Waals surface area contributed by atoms with Gasteiger partial charge in [0, 0.05) is 32.1 Å². The predicted molar refractivity (Wildman–Crippen MR) is 69.0 cm³/mol. The van der Waals surface area contributed by atoms with Gasteiger partial charge in [-0.05, 0) is 31.1 Å². The van der Waals surface area contributed by atoms with E-state index < -0.39 is 0 Å². The van der Waals surface area contributed by atoms with Crippen LogP contribution < -0.4 is 5.32 Å². The molecule has 0 aromatic rings. The third-order valence-electron chi connectivity index (χ3n) is 4.76. The van der Waals surface area contributed by atoms with Crippen LogP contribution in [0.5, 0.6) is 0 Å². The molecule has 4 nitrogen and oxygen atoms in total. The SMILES string of the molecule is CCC1CC(CO)CC2C(OC)CCC(=O)NC12. The van der Waals surface area contributed by atoms with Crippen molar-refractivity contribution < 1.29 is 14.6 Å². The number of amides is 1. The molecule has 1 aliphatic heterocycles. The van der Waals surface area contributed by atoms with Gasteiger partial charge < -0.3 is 15.2 Å². The van der Waals surface area contributed by atoms with E-state index in [4.69, 9.17) is 4.74 Å². The summed E-state index contributed by atoms with van der Waals surface area (Å²) in [7, 11) is 1.74. The first-order valence-electron chi connectivity index (χ1n) is 7.12. The van der Waals surface area contributed by atoms with Gasteiger partial charge >= 0.3 is 0 Å². The van der Waals surface area contributed by atoms with Gasteiger partial charge in [0.05, 0.1) is 6.10 Å². The van der Waals surface area contributed by atoms with Crippen molar-refractivity contribution in [2.75, 3.05) is 13.7 Å². The van der Waals surface area contributed by atoms with Crippen LogP contribution in [0.15, 0.2) is 0 Å². The molecule has 1 aliphatic carbocycles. The number of methoxy groups -OCH3 is 1. The van der Waals surface area contributed by atoms with Crippen molar-refractivity contribution in [3.05, 3.63) is 0 Å². The number of carbonyl (C=O) groups is 1. The van der Waals surface area contributed by atoms with Crippen LogP contribution in [0.3, 0.4) is 0 Å². The lowest BCUT2D eigenvalue weighted by atomic mass is 9.69. The first kappa shape index (κ1) is 13.8. The fourth-order valence-electron chi connectivity index (χ4n) is 3.77. The Bertz CT molecular complexity index is 295. The lowest BCUT2D eigenvalue weighted by molar-refractivity contribution is -0.122. The highest BCUT2D eigenvalue weighted by molar-refractivity contribution is 5.76. The lowest BCUT2D eigenvalue weighted by Gasteiger charge is -2.43. The Kier molecular flexibility index (Phi) is 4.62. The number of rotatable bonds is 3. The maximum Gasteiger partial charge on any atom is 0.220 e. The van der Waals surface area contributed by atoms with Gasteiger partial charge in [-0.25, -0.2) is 0 Å². The summed E-state index contributed by atoms with van der Waals surface area (Å²) in [5, 5.41) is 12.6. The van der Waals surface area contributed by atoms with Crippen molar-refractivity contribution in [1.29, 1.82) is 0 Å². The van der Waals surface area contributed by atoms with Crippen LogP contribution in [0.25, 0.3) is 0 Å². The molecule has 0 aromatic heterocycles. The highest BCUT2D eigenvalue weighted by Gasteiger charge is 2.43. The molecule has 2 rings (SSSR count). The molecule has 1 saturated heterocycles. The standard InChI is InChI=1S/C14H25NO3/c1-3-10-6-9(8-16)7-11-12(18-2)4-5-13(17)15-14(10)11/h9-12,14,16H,3-8H2,1-2H3,(H,15,17). The second-order valence-electron chi connectivity index (χ2n) is 5.76. The highest BCUT2D eigenvalue weighted by Crippen LogP contribution is 2.39. The summed E-state index contributed by atoms with van der Waals surface area (Å²) in [6, 6.07) is 0.234. The molecule has 2 fully saturated rings. The molecule has 1 amide bonds. The van der Waals surface area contributed by atoms with Crippen molar-refractivity contribution in [3.8, 4) is 0 Å². The van der Waals surface area contributed by atoms with Crippen LogP contribution in [-0.4, -0.2) is 36.9 Å². The van der Waals surface area contributed by atoms with Crippen molar-refractivity contribution in [1.82, 2.24) is 5.32 Å². The monoisotopic (exact) mass is 255 g/mol. The third-order valence-corrected chi connectivity index (χ3v) is 4.76. The smallest absolute Gasteiger partial charge is 0.220 e. The van der Waals surface area contributed by atoms with Gasteiger partial charge in [-0.1, -0.05) is 13.3 Å². The maximum absolute atomic E-state index is 11.8. The summed E-state index contributed by atoms with van der Waals surface area (Å²) in [6.45, 7) is 2.42. The van der Waals surface area contributed by atoms with Gasteiger partial charge in [-0.2, -0.15) is 0 Å². The molecule has 1 heterocycles. The van der Waals surface area contributed by atoms with E-state index in [1.807, 2.05) is 0 Å². The van der Waals surface area contributed by atoms with E-state index in [0.29, 0.717) is 24.2 Å². The number of nitrogens with one attached hydrogen (secondary N) is 1. The van der Waals surface area contributed by atoms with Gasteiger partial charge in [-0.15, -0.1) is 0 Å². The van der Waals surface area contributed by atoms with Gasteiger partial charge in [0.2, 0.25) is 5.91 Å². The van der Waals surface area contributed by atoms with Gasteiger partial charge in [0.1, 0.15) is 0 Å². The third kappa shape index (κ3) is 2.69. The van der Waals surface area contributed by atoms with E-state index in [2.05, 4.69) is 12.2 Å². The molecule has 18 heavy (non-hydrogen) atoms. The van der Waals surface area contributed by atoms with E-state index in [1.54, 1.807) is 7.11 Å². The fraction of sp³-hybridized carbons (Fsp3) is 0.929. The normalized spacial score (nSPS) is 40.8. The minimum absolute atomic E-state index is 0.150. The van der Waals surface area contributed by atoms with Gasteiger partial charge in [-0.3, -0.25) is 4.79 Å². The number of hydrogen-bond acceptors (Lipinski definition) is 3. The lowest BCUT2D eigenvalue weighted by Crippen LogP contribution is -2.51. The zero-order valence-electron chi connectivity index (χ0n) is 11.4. The number of ether oxygens (including phenoxy) is 1. The first-order valence-corrected chi connectivity index (χ1v) is 7.12. The largest absolute Gasteiger partial charge is 0.396 e. The van der Waals surface area contributed by atoms with E-state index in [1.165, 1.54) is 0 Å². The second kappa shape index (κ2) is 6.02. The summed E-state index contributed by atoms with van der Waals surface area (Å²) in [6.07, 6.45) is 4.55. The molecule has 0 bridgehead atoms. The molecule has 1 saturated carbocycles. The van der Waals surface area contributed by atoms with Gasteiger partial charge in [0.25, 0.3) is 0 Å². The number of aliphatic hydroxyl groups is 1. The van der Waals surface area contributed by atoms with Crippen LogP contribution in [0.2, 0.25) is 0 Å². The van der Waals surface area contributed by atoms with Crippen LogP contribution in [0.4, 0.5) is 0 Å². The summed E-state index contributed by atoms with van der Waals surface area (Å²) < 4.78 is 5.60. The molecular weight excluding hydrogens is 230 g/mol. The highest BCUT2D eigenvalue weighted by atomic mass is 16.5. The Hall–Kier alpha value is -0.610. The predicted octanol–water partition coefficient (Wildman–Crippen LogP) is 1.32. The number of carbonyl (C=O) groups excluding carboxylic acids is 1. The molecule has 5 atom stereocenters. The minimum atomic E-state index is 0.150. The Morgan fingerprint density at radius 1 is 1.44 bits per heavy atom. The Labute approximate surface area is 109 Å². The Balaban J connectivity index is 2.20. The molecule has 5 unspecified atom stereocenters. The number of fused-ring (bicyclic) bond motifs is 1. The van der Waals surface area contributed by atoms with E-state index in [-0.39, 0.29) is 24.7 Å². The number of aliphatic hydroxyl groups excluding tert-OH is 1. The molecule has 2 N–H and O–H groups in total. The summed E-state index contributed by atoms with van der Waals surface area (Å²) in [5.74, 6) is 1.35. The zero-order chi connectivity index (χ0) is 13.1. The molecule has 0 radical (unpaired) electrons. The van der Waals surface area contributed by atoms with Crippen molar-refractivity contribution >= 4 is 5.91 Å². The topological polar surface area (TPSA) is 58.6 Å².